The number of aliphatic imine (C=N–C) groups is 2. The van der Waals surface area contributed by atoms with Gasteiger partial charge in [0.25, 0.3) is 0 Å². The van der Waals surface area contributed by atoms with E-state index in [-0.39, 0.29) is 31.5 Å². The molecule has 0 radical (unpaired) electrons. The number of carboxylic acid groups (broad SMARTS) is 2. The first-order valence-corrected chi connectivity index (χ1v) is 23.1. The van der Waals surface area contributed by atoms with E-state index < -0.39 is 34.9 Å². The minimum atomic E-state index is -1.46. The number of aromatic hydroxyl groups is 4. The van der Waals surface area contributed by atoms with Gasteiger partial charge < -0.3 is 40.2 Å². The van der Waals surface area contributed by atoms with Crippen LogP contribution in [-0.2, 0) is 58.9 Å². The molecule has 352 valence electrons. The van der Waals surface area contributed by atoms with E-state index >= 15 is 0 Å². The molecule has 4 aromatic carbocycles. The summed E-state index contributed by atoms with van der Waals surface area (Å²) in [4.78, 5) is 31.7. The average Bonchev–Trinajstić information content (AvgIpc) is 3.25. The number of hydrogen-bond acceptors (Lipinski definition) is 10. The molecule has 0 aliphatic rings. The molecule has 0 aromatic heterocycles. The number of carbonyl (C=O) groups excluding carboxylic acids is 2. The Morgan fingerprint density at radius 2 is 0.828 bits per heavy atom. The number of rotatable bonds is 22. The molecule has 10 nitrogen and oxygen atoms in total. The summed E-state index contributed by atoms with van der Waals surface area (Å²) in [6.45, 7) is 17.4. The van der Waals surface area contributed by atoms with Crippen LogP contribution in [0.15, 0.2) is 70.6 Å². The van der Waals surface area contributed by atoms with E-state index in [1.54, 1.807) is 0 Å². The van der Waals surface area contributed by atoms with Gasteiger partial charge in [0.15, 0.2) is 23.0 Å². The summed E-state index contributed by atoms with van der Waals surface area (Å²) in [7, 11) is 0. The zero-order valence-corrected chi connectivity index (χ0v) is 41.0. The quantitative estimate of drug-likeness (QED) is 0.0340. The zero-order chi connectivity index (χ0) is 46.9. The zero-order valence-electron chi connectivity index (χ0n) is 39.4. The number of aryl methyl sites for hydroxylation is 6. The van der Waals surface area contributed by atoms with Gasteiger partial charge in [-0.05, 0) is 141 Å². The smallest absolute Gasteiger partial charge is 0.545 e. The van der Waals surface area contributed by atoms with Crippen LogP contribution in [0.5, 0.6) is 23.0 Å². The van der Waals surface area contributed by atoms with Crippen LogP contribution in [0.3, 0.4) is 0 Å². The Morgan fingerprint density at radius 1 is 0.469 bits per heavy atom. The van der Waals surface area contributed by atoms with Crippen LogP contribution in [0.25, 0.3) is 0 Å². The van der Waals surface area contributed by atoms with E-state index in [1.165, 1.54) is 72.2 Å². The van der Waals surface area contributed by atoms with Crippen molar-refractivity contribution >= 4 is 34.7 Å². The van der Waals surface area contributed by atoms with E-state index in [0.29, 0.717) is 24.0 Å². The van der Waals surface area contributed by atoms with Crippen molar-refractivity contribution in [3.05, 3.63) is 105 Å². The standard InChI is InChI=1S/C31H46N2.2C11H14O4.Pd/c1-7-12-17-31(33-30-21-19-26(14-9-3)28(23-30)16-11-5)24(6)32-29-20-18-25(13-8-2)27(22-29)15-10-4;2*1-2-3-4-7-5-6-8(12)10(13)9(7)11(14)15;/h18-23H,7-17H2,1-6H3;2*5-6,12-13H,2-4H2,1H3,(H,14,15);/q;;;+2/p-2. The number of phenolic OH excluding ortho intramolecular Hbond substituents is 2. The maximum Gasteiger partial charge on any atom is 2.00 e. The first kappa shape index (κ1) is 57.0. The van der Waals surface area contributed by atoms with Crippen molar-refractivity contribution < 1.29 is 60.7 Å². The SMILES string of the molecule is CCCCC(=Nc1ccc(CCC)c(CCC)c1)C(C)=Nc1ccc(CCC)c(CCC)c1.CCCCc1ccc(O)c(O)c1C(=O)[O-].CCCCc1ccc(O)c(O)c1C(=O)[O-].[Pd+2]. The van der Waals surface area contributed by atoms with Gasteiger partial charge in [-0.2, -0.15) is 0 Å². The normalized spacial score (nSPS) is 11.2. The van der Waals surface area contributed by atoms with Gasteiger partial charge in [-0.15, -0.1) is 0 Å². The fourth-order valence-corrected chi connectivity index (χ4v) is 7.32. The monoisotopic (exact) mass is 970 g/mol. The van der Waals surface area contributed by atoms with Gasteiger partial charge in [-0.25, -0.2) is 0 Å². The van der Waals surface area contributed by atoms with Crippen LogP contribution in [0.2, 0.25) is 0 Å². The molecular formula is C53H72N2O8Pd. The molecule has 0 amide bonds. The predicted molar refractivity (Wildman–Crippen MR) is 254 cm³/mol. The van der Waals surface area contributed by atoms with Gasteiger partial charge in [0.2, 0.25) is 0 Å². The number of phenols is 4. The fraction of sp³-hybridized carbons (Fsp3) is 0.472. The second kappa shape index (κ2) is 31.0. The van der Waals surface area contributed by atoms with Crippen LogP contribution < -0.4 is 10.2 Å². The summed E-state index contributed by atoms with van der Waals surface area (Å²) < 4.78 is 0. The first-order chi connectivity index (χ1) is 30.2. The van der Waals surface area contributed by atoms with Crippen molar-refractivity contribution in [2.75, 3.05) is 0 Å². The molecule has 0 heterocycles. The molecule has 0 bridgehead atoms. The van der Waals surface area contributed by atoms with E-state index in [0.717, 1.165) is 93.4 Å². The molecule has 0 atom stereocenters. The predicted octanol–water partition coefficient (Wildman–Crippen LogP) is 11.2. The van der Waals surface area contributed by atoms with Gasteiger partial charge in [0, 0.05) is 11.1 Å². The second-order valence-electron chi connectivity index (χ2n) is 16.0. The molecule has 4 N–H and O–H groups in total. The van der Waals surface area contributed by atoms with E-state index in [1.807, 2.05) is 13.8 Å². The third kappa shape index (κ3) is 18.3. The van der Waals surface area contributed by atoms with Crippen molar-refractivity contribution in [1.29, 1.82) is 0 Å². The minimum Gasteiger partial charge on any atom is -0.545 e. The Hall–Kier alpha value is -4.98. The van der Waals surface area contributed by atoms with Gasteiger partial charge >= 0.3 is 20.4 Å². The largest absolute Gasteiger partial charge is 2.00 e. The maximum absolute atomic E-state index is 10.8. The third-order valence-corrected chi connectivity index (χ3v) is 10.7. The molecule has 0 aliphatic heterocycles. The number of benzene rings is 4. The molecule has 0 fully saturated rings. The third-order valence-electron chi connectivity index (χ3n) is 10.7. The number of carbonyl (C=O) groups is 2. The molecule has 0 unspecified atom stereocenters. The Bertz CT molecular complexity index is 2050. The van der Waals surface area contributed by atoms with E-state index in [2.05, 4.69) is 77.9 Å². The van der Waals surface area contributed by atoms with Crippen LogP contribution in [0.1, 0.15) is 180 Å². The molecule has 4 rings (SSSR count). The van der Waals surface area contributed by atoms with Crippen molar-refractivity contribution in [3.63, 3.8) is 0 Å². The topological polar surface area (TPSA) is 186 Å². The molecule has 64 heavy (non-hydrogen) atoms. The van der Waals surface area contributed by atoms with E-state index in [4.69, 9.17) is 20.2 Å². The number of carboxylic acids is 2. The van der Waals surface area contributed by atoms with Crippen LogP contribution in [0, 0.1) is 0 Å². The summed E-state index contributed by atoms with van der Waals surface area (Å²) >= 11 is 0. The van der Waals surface area contributed by atoms with Crippen LogP contribution >= 0.6 is 0 Å². The summed E-state index contributed by atoms with van der Waals surface area (Å²) in [5, 5.41) is 58.6. The minimum absolute atomic E-state index is 0. The number of hydrogen-bond donors (Lipinski definition) is 4. The Morgan fingerprint density at radius 3 is 1.19 bits per heavy atom. The van der Waals surface area contributed by atoms with Gasteiger partial charge in [-0.1, -0.05) is 118 Å². The summed E-state index contributed by atoms with van der Waals surface area (Å²) in [6, 6.07) is 19.1. The fourth-order valence-electron chi connectivity index (χ4n) is 7.32. The number of aromatic carboxylic acids is 2. The van der Waals surface area contributed by atoms with Crippen LogP contribution in [0.4, 0.5) is 11.4 Å². The summed E-state index contributed by atoms with van der Waals surface area (Å²) in [6.07, 6.45) is 17.1. The molecular weight excluding hydrogens is 899 g/mol. The maximum atomic E-state index is 10.8. The average molecular weight is 972 g/mol. The van der Waals surface area contributed by atoms with Crippen LogP contribution in [-0.4, -0.2) is 43.8 Å². The Balaban J connectivity index is 0.000000547. The Labute approximate surface area is 396 Å². The molecule has 0 spiro atoms. The van der Waals surface area contributed by atoms with Crippen molar-refractivity contribution in [2.45, 2.75) is 165 Å². The molecule has 0 aliphatic carbocycles. The molecule has 4 aromatic rings. The Kier molecular flexibility index (Phi) is 27.6. The van der Waals surface area contributed by atoms with Crippen molar-refractivity contribution in [3.8, 4) is 23.0 Å². The molecule has 0 saturated heterocycles. The molecule has 11 heteroatoms. The van der Waals surface area contributed by atoms with Crippen molar-refractivity contribution in [1.82, 2.24) is 0 Å². The first-order valence-electron chi connectivity index (χ1n) is 23.1. The van der Waals surface area contributed by atoms with Gasteiger partial charge in [-0.3, -0.25) is 9.98 Å². The summed E-state index contributed by atoms with van der Waals surface area (Å²) in [5.41, 5.74) is 10.6. The summed E-state index contributed by atoms with van der Waals surface area (Å²) in [5.74, 6) is -5.01. The van der Waals surface area contributed by atoms with Crippen molar-refractivity contribution in [2.24, 2.45) is 9.98 Å². The van der Waals surface area contributed by atoms with Gasteiger partial charge in [0.05, 0.1) is 34.7 Å². The number of unbranched alkanes of at least 4 members (excludes halogenated alkanes) is 3. The number of nitrogens with zero attached hydrogens (tertiary/aromatic N) is 2. The van der Waals surface area contributed by atoms with E-state index in [9.17, 15) is 30.0 Å². The second-order valence-corrected chi connectivity index (χ2v) is 16.0. The van der Waals surface area contributed by atoms with Gasteiger partial charge in [0.1, 0.15) is 0 Å². The molecule has 0 saturated carbocycles.